The second-order valence-corrected chi connectivity index (χ2v) is 7.35. The van der Waals surface area contributed by atoms with Crippen molar-refractivity contribution < 1.29 is 13.9 Å². The highest BCUT2D eigenvalue weighted by atomic mass is 35.5. The van der Waals surface area contributed by atoms with Crippen molar-refractivity contribution in [3.05, 3.63) is 68.7 Å². The number of ether oxygens (including phenoxy) is 1. The summed E-state index contributed by atoms with van der Waals surface area (Å²) in [6, 6.07) is 12.9. The minimum Gasteiger partial charge on any atom is -0.422 e. The van der Waals surface area contributed by atoms with Gasteiger partial charge >= 0.3 is 5.63 Å². The van der Waals surface area contributed by atoms with Crippen molar-refractivity contribution in [2.24, 2.45) is 0 Å². The summed E-state index contributed by atoms with van der Waals surface area (Å²) in [6.07, 6.45) is 0. The Balaban J connectivity index is 0.00000225. The second-order valence-electron chi connectivity index (χ2n) is 6.37. The molecule has 3 aromatic rings. The molecular formula is C20H21ClN2O4S. The number of halogens is 1. The lowest BCUT2D eigenvalue weighted by Gasteiger charge is -2.34. The first-order valence-corrected chi connectivity index (χ1v) is 9.76. The smallest absolute Gasteiger partial charge is 0.349 e. The molecule has 0 saturated carbocycles. The summed E-state index contributed by atoms with van der Waals surface area (Å²) in [6.45, 7) is 3.42. The quantitative estimate of drug-likeness (QED) is 0.642. The molecule has 1 aliphatic rings. The average molecular weight is 421 g/mol. The summed E-state index contributed by atoms with van der Waals surface area (Å²) >= 11 is 1.66. The Kier molecular flexibility index (Phi) is 6.85. The standard InChI is InChI=1S/C20H20N2O4S.ClH/c23-19(15-12-14-4-1-2-5-17(14)26-20(15)24)21-13-16(18-6-3-11-27-18)22-7-9-25-10-8-22;/h1-6,11-12,16H,7-10,13H2,(H,21,23);1H. The molecule has 0 radical (unpaired) electrons. The van der Waals surface area contributed by atoms with E-state index in [0.29, 0.717) is 25.3 Å². The third kappa shape index (κ3) is 4.44. The molecule has 1 fully saturated rings. The van der Waals surface area contributed by atoms with Crippen LogP contribution in [0.15, 0.2) is 57.1 Å². The van der Waals surface area contributed by atoms with Crippen LogP contribution in [0.4, 0.5) is 0 Å². The molecule has 6 nitrogen and oxygen atoms in total. The van der Waals surface area contributed by atoms with Gasteiger partial charge in [-0.3, -0.25) is 9.69 Å². The first-order chi connectivity index (χ1) is 13.2. The second kappa shape index (κ2) is 9.34. The average Bonchev–Trinajstić information content (AvgIpc) is 3.23. The monoisotopic (exact) mass is 420 g/mol. The lowest BCUT2D eigenvalue weighted by molar-refractivity contribution is 0.0169. The summed E-state index contributed by atoms with van der Waals surface area (Å²) in [5, 5.41) is 5.67. The SMILES string of the molecule is Cl.O=C(NCC(c1cccs1)N1CCOCC1)c1cc2ccccc2oc1=O. The zero-order valence-electron chi connectivity index (χ0n) is 15.1. The molecule has 1 aliphatic heterocycles. The number of nitrogens with zero attached hydrogens (tertiary/aromatic N) is 1. The summed E-state index contributed by atoms with van der Waals surface area (Å²) in [4.78, 5) is 28.3. The van der Waals surface area contributed by atoms with Crippen molar-refractivity contribution in [3.8, 4) is 0 Å². The topological polar surface area (TPSA) is 71.8 Å². The van der Waals surface area contributed by atoms with Gasteiger partial charge in [0.1, 0.15) is 11.1 Å². The van der Waals surface area contributed by atoms with E-state index in [-0.39, 0.29) is 24.0 Å². The zero-order valence-corrected chi connectivity index (χ0v) is 16.8. The van der Waals surface area contributed by atoms with Crippen LogP contribution in [0.2, 0.25) is 0 Å². The third-order valence-corrected chi connectivity index (χ3v) is 5.67. The number of thiophene rings is 1. The van der Waals surface area contributed by atoms with E-state index < -0.39 is 11.5 Å². The first-order valence-electron chi connectivity index (χ1n) is 8.88. The van der Waals surface area contributed by atoms with E-state index in [0.717, 1.165) is 18.5 Å². The van der Waals surface area contributed by atoms with Crippen molar-refractivity contribution in [2.75, 3.05) is 32.8 Å². The third-order valence-electron chi connectivity index (χ3n) is 4.70. The van der Waals surface area contributed by atoms with Crippen LogP contribution in [-0.2, 0) is 4.74 Å². The number of nitrogens with one attached hydrogen (secondary N) is 1. The predicted octanol–water partition coefficient (Wildman–Crippen LogP) is 3.08. The van der Waals surface area contributed by atoms with Gasteiger partial charge in [-0.25, -0.2) is 4.79 Å². The maximum Gasteiger partial charge on any atom is 0.349 e. The van der Waals surface area contributed by atoms with E-state index in [4.69, 9.17) is 9.15 Å². The number of para-hydroxylation sites is 1. The Morgan fingerprint density at radius 1 is 1.18 bits per heavy atom. The van der Waals surface area contributed by atoms with Crippen LogP contribution in [0.3, 0.4) is 0 Å². The van der Waals surface area contributed by atoms with Gasteiger partial charge in [-0.2, -0.15) is 0 Å². The van der Waals surface area contributed by atoms with E-state index in [1.165, 1.54) is 4.88 Å². The molecule has 1 saturated heterocycles. The maximum absolute atomic E-state index is 12.7. The van der Waals surface area contributed by atoms with Crippen LogP contribution in [0.1, 0.15) is 21.3 Å². The fraction of sp³-hybridized carbons (Fsp3) is 0.300. The number of amides is 1. The van der Waals surface area contributed by atoms with Crippen LogP contribution in [0.25, 0.3) is 11.0 Å². The molecule has 4 rings (SSSR count). The van der Waals surface area contributed by atoms with E-state index >= 15 is 0 Å². The lowest BCUT2D eigenvalue weighted by Crippen LogP contribution is -2.44. The van der Waals surface area contributed by atoms with Crippen LogP contribution in [0.5, 0.6) is 0 Å². The van der Waals surface area contributed by atoms with Crippen LogP contribution in [-0.4, -0.2) is 43.7 Å². The molecule has 2 aromatic heterocycles. The van der Waals surface area contributed by atoms with Gasteiger partial charge < -0.3 is 14.5 Å². The maximum atomic E-state index is 12.7. The van der Waals surface area contributed by atoms with E-state index in [1.54, 1.807) is 29.5 Å². The lowest BCUT2D eigenvalue weighted by atomic mass is 10.1. The van der Waals surface area contributed by atoms with Crippen molar-refractivity contribution in [1.29, 1.82) is 0 Å². The van der Waals surface area contributed by atoms with Crippen molar-refractivity contribution in [2.45, 2.75) is 6.04 Å². The van der Waals surface area contributed by atoms with Crippen LogP contribution in [0, 0.1) is 0 Å². The predicted molar refractivity (Wildman–Crippen MR) is 112 cm³/mol. The van der Waals surface area contributed by atoms with Gasteiger partial charge in [-0.15, -0.1) is 23.7 Å². The largest absolute Gasteiger partial charge is 0.422 e. The fourth-order valence-electron chi connectivity index (χ4n) is 3.28. The number of carbonyl (C=O) groups is 1. The molecule has 1 aromatic carbocycles. The molecule has 8 heteroatoms. The molecule has 148 valence electrons. The van der Waals surface area contributed by atoms with Gasteiger partial charge in [0.2, 0.25) is 0 Å². The molecule has 1 N–H and O–H groups in total. The molecule has 0 bridgehead atoms. The molecular weight excluding hydrogens is 400 g/mol. The number of morpholine rings is 1. The first kappa shape index (κ1) is 20.5. The van der Waals surface area contributed by atoms with E-state index in [2.05, 4.69) is 16.3 Å². The summed E-state index contributed by atoms with van der Waals surface area (Å²) in [5.74, 6) is -0.413. The highest BCUT2D eigenvalue weighted by molar-refractivity contribution is 7.10. The molecule has 28 heavy (non-hydrogen) atoms. The van der Waals surface area contributed by atoms with Gasteiger partial charge in [0.05, 0.1) is 19.3 Å². The van der Waals surface area contributed by atoms with Gasteiger partial charge in [0, 0.05) is 29.9 Å². The number of hydrogen-bond acceptors (Lipinski definition) is 6. The minimum absolute atomic E-state index is 0. The molecule has 3 heterocycles. The van der Waals surface area contributed by atoms with Gasteiger partial charge in [-0.1, -0.05) is 24.3 Å². The highest BCUT2D eigenvalue weighted by Crippen LogP contribution is 2.25. The van der Waals surface area contributed by atoms with Crippen molar-refractivity contribution >= 4 is 40.6 Å². The Hall–Kier alpha value is -2.19. The Bertz CT molecular complexity index is 983. The molecule has 1 amide bonds. The number of benzene rings is 1. The zero-order chi connectivity index (χ0) is 18.6. The fourth-order valence-corrected chi connectivity index (χ4v) is 4.15. The van der Waals surface area contributed by atoms with Crippen molar-refractivity contribution in [1.82, 2.24) is 10.2 Å². The Labute approximate surface area is 172 Å². The van der Waals surface area contributed by atoms with Gasteiger partial charge in [-0.05, 0) is 23.6 Å². The van der Waals surface area contributed by atoms with E-state index in [1.807, 2.05) is 23.6 Å². The van der Waals surface area contributed by atoms with Crippen LogP contribution >= 0.6 is 23.7 Å². The summed E-state index contributed by atoms with van der Waals surface area (Å²) in [7, 11) is 0. The minimum atomic E-state index is -0.620. The van der Waals surface area contributed by atoms with Crippen LogP contribution < -0.4 is 10.9 Å². The number of hydrogen-bond donors (Lipinski definition) is 1. The normalized spacial score (nSPS) is 15.7. The van der Waals surface area contributed by atoms with Crippen molar-refractivity contribution in [3.63, 3.8) is 0 Å². The van der Waals surface area contributed by atoms with E-state index in [9.17, 15) is 9.59 Å². The molecule has 0 aliphatic carbocycles. The van der Waals surface area contributed by atoms with Gasteiger partial charge in [0.15, 0.2) is 0 Å². The molecule has 0 spiro atoms. The molecule has 1 unspecified atom stereocenters. The number of rotatable bonds is 5. The summed E-state index contributed by atoms with van der Waals surface area (Å²) in [5.41, 5.74) is -0.116. The number of fused-ring (bicyclic) bond motifs is 1. The Morgan fingerprint density at radius 2 is 1.96 bits per heavy atom. The van der Waals surface area contributed by atoms with Gasteiger partial charge in [0.25, 0.3) is 5.91 Å². The number of carbonyl (C=O) groups excluding carboxylic acids is 1. The Morgan fingerprint density at radius 3 is 2.71 bits per heavy atom. The highest BCUT2D eigenvalue weighted by Gasteiger charge is 2.24. The summed E-state index contributed by atoms with van der Waals surface area (Å²) < 4.78 is 10.7. The molecule has 1 atom stereocenters.